The van der Waals surface area contributed by atoms with Crippen LogP contribution in [0.2, 0.25) is 0 Å². The molecule has 1 unspecified atom stereocenters. The topological polar surface area (TPSA) is 82.7 Å². The van der Waals surface area contributed by atoms with Gasteiger partial charge in [-0.05, 0) is 58.1 Å². The van der Waals surface area contributed by atoms with Crippen LogP contribution in [0.1, 0.15) is 54.4 Å². The second kappa shape index (κ2) is 9.37. The van der Waals surface area contributed by atoms with Crippen molar-refractivity contribution in [3.63, 3.8) is 0 Å². The monoisotopic (exact) mass is 390 g/mol. The number of furan rings is 1. The molecule has 1 aliphatic carbocycles. The minimum atomic E-state index is -1.12. The maximum Gasteiger partial charge on any atom is 0.191 e. The highest BCUT2D eigenvalue weighted by Gasteiger charge is 2.26. The lowest BCUT2D eigenvalue weighted by atomic mass is 10.0. The number of thiazole rings is 1. The van der Waals surface area contributed by atoms with Gasteiger partial charge in [0.15, 0.2) is 5.96 Å². The van der Waals surface area contributed by atoms with Crippen molar-refractivity contribution in [2.45, 2.75) is 58.0 Å². The molecule has 1 atom stereocenters. The van der Waals surface area contributed by atoms with Crippen LogP contribution in [-0.4, -0.2) is 35.7 Å². The number of hydrogen-bond acceptors (Lipinski definition) is 5. The molecule has 0 fully saturated rings. The van der Waals surface area contributed by atoms with Gasteiger partial charge in [0, 0.05) is 24.4 Å². The Morgan fingerprint density at radius 2 is 2.22 bits per heavy atom. The molecule has 0 saturated carbocycles. The Labute approximate surface area is 165 Å². The lowest BCUT2D eigenvalue weighted by molar-refractivity contribution is 0.0437. The first-order valence-electron chi connectivity index (χ1n) is 9.84. The first-order chi connectivity index (χ1) is 13.1. The minimum absolute atomic E-state index is 0.231. The van der Waals surface area contributed by atoms with E-state index in [1.165, 1.54) is 34.8 Å². The number of aryl methyl sites for hydroxylation is 3. The molecule has 148 valence electrons. The molecule has 0 aromatic carbocycles. The van der Waals surface area contributed by atoms with Crippen molar-refractivity contribution in [2.75, 3.05) is 19.6 Å². The SMILES string of the molecule is CCNC(=NCC(C)(O)c1ccco1)NCCCc1nc2c(s1)CCCC2. The zero-order valence-corrected chi connectivity index (χ0v) is 17.1. The van der Waals surface area contributed by atoms with E-state index in [1.54, 1.807) is 25.3 Å². The van der Waals surface area contributed by atoms with E-state index in [2.05, 4.69) is 15.6 Å². The van der Waals surface area contributed by atoms with Crippen molar-refractivity contribution in [3.05, 3.63) is 39.7 Å². The van der Waals surface area contributed by atoms with Crippen molar-refractivity contribution in [2.24, 2.45) is 4.99 Å². The predicted octanol–water partition coefficient (Wildman–Crippen LogP) is 3.01. The lowest BCUT2D eigenvalue weighted by Gasteiger charge is -2.19. The summed E-state index contributed by atoms with van der Waals surface area (Å²) in [4.78, 5) is 10.8. The Kier molecular flexibility index (Phi) is 6.90. The molecule has 1 aliphatic rings. The summed E-state index contributed by atoms with van der Waals surface area (Å²) in [6.07, 6.45) is 8.50. The van der Waals surface area contributed by atoms with Crippen molar-refractivity contribution >= 4 is 17.3 Å². The first kappa shape index (κ1) is 19.9. The summed E-state index contributed by atoms with van der Waals surface area (Å²) in [6, 6.07) is 3.54. The zero-order valence-electron chi connectivity index (χ0n) is 16.3. The van der Waals surface area contributed by atoms with Gasteiger partial charge >= 0.3 is 0 Å². The van der Waals surface area contributed by atoms with E-state index in [0.717, 1.165) is 32.4 Å². The number of hydrogen-bond donors (Lipinski definition) is 3. The third-order valence-electron chi connectivity index (χ3n) is 4.69. The molecular weight excluding hydrogens is 360 g/mol. The number of aliphatic imine (C=N–C) groups is 1. The summed E-state index contributed by atoms with van der Waals surface area (Å²) in [6.45, 7) is 5.56. The quantitative estimate of drug-likeness (QED) is 0.367. The lowest BCUT2D eigenvalue weighted by Crippen LogP contribution is -2.39. The van der Waals surface area contributed by atoms with Gasteiger partial charge in [0.2, 0.25) is 0 Å². The van der Waals surface area contributed by atoms with Crippen molar-refractivity contribution in [3.8, 4) is 0 Å². The molecule has 3 rings (SSSR count). The minimum Gasteiger partial charge on any atom is -0.466 e. The Hall–Kier alpha value is -1.86. The van der Waals surface area contributed by atoms with Gasteiger partial charge in [0.05, 0.1) is 23.5 Å². The number of nitrogens with one attached hydrogen (secondary N) is 2. The van der Waals surface area contributed by atoms with Gasteiger partial charge in [0.1, 0.15) is 11.4 Å². The molecule has 6 nitrogen and oxygen atoms in total. The van der Waals surface area contributed by atoms with E-state index >= 15 is 0 Å². The Morgan fingerprint density at radius 1 is 1.37 bits per heavy atom. The second-order valence-electron chi connectivity index (χ2n) is 7.16. The van der Waals surface area contributed by atoms with Crippen LogP contribution in [0, 0.1) is 0 Å². The highest BCUT2D eigenvalue weighted by atomic mass is 32.1. The van der Waals surface area contributed by atoms with Crippen LogP contribution in [0.4, 0.5) is 0 Å². The number of aromatic nitrogens is 1. The standard InChI is InChI=1S/C20H30N4O2S/c1-3-21-19(23-14-20(2,25)17-10-7-13-26-17)22-12-6-11-18-24-15-8-4-5-9-16(15)27-18/h7,10,13,25H,3-6,8-9,11-12,14H2,1-2H3,(H2,21,22,23). The average molecular weight is 391 g/mol. The van der Waals surface area contributed by atoms with E-state index in [4.69, 9.17) is 9.40 Å². The molecule has 2 aromatic rings. The Balaban J connectivity index is 1.47. The fourth-order valence-electron chi connectivity index (χ4n) is 3.20. The van der Waals surface area contributed by atoms with E-state index in [9.17, 15) is 5.11 Å². The fraction of sp³-hybridized carbons (Fsp3) is 0.600. The van der Waals surface area contributed by atoms with E-state index in [1.807, 2.05) is 18.3 Å². The highest BCUT2D eigenvalue weighted by molar-refractivity contribution is 7.11. The summed E-state index contributed by atoms with van der Waals surface area (Å²) in [5, 5.41) is 18.4. The van der Waals surface area contributed by atoms with Crippen LogP contribution in [0.25, 0.3) is 0 Å². The molecule has 27 heavy (non-hydrogen) atoms. The van der Waals surface area contributed by atoms with Crippen LogP contribution in [0.3, 0.4) is 0 Å². The van der Waals surface area contributed by atoms with Crippen molar-refractivity contribution in [1.82, 2.24) is 15.6 Å². The van der Waals surface area contributed by atoms with Gasteiger partial charge in [-0.1, -0.05) is 0 Å². The molecule has 2 aromatic heterocycles. The normalized spacial score (nSPS) is 16.6. The smallest absolute Gasteiger partial charge is 0.191 e. The average Bonchev–Trinajstić information content (AvgIpc) is 3.32. The highest BCUT2D eigenvalue weighted by Crippen LogP contribution is 2.27. The summed E-state index contributed by atoms with van der Waals surface area (Å²) in [7, 11) is 0. The molecule has 2 heterocycles. The summed E-state index contributed by atoms with van der Waals surface area (Å²) in [5.41, 5.74) is 0.218. The molecule has 7 heteroatoms. The zero-order chi connectivity index (χ0) is 19.1. The van der Waals surface area contributed by atoms with E-state index in [0.29, 0.717) is 11.7 Å². The predicted molar refractivity (Wildman–Crippen MR) is 109 cm³/mol. The van der Waals surface area contributed by atoms with Gasteiger partial charge in [-0.15, -0.1) is 11.3 Å². The maximum absolute atomic E-state index is 10.5. The number of nitrogens with zero attached hydrogens (tertiary/aromatic N) is 2. The first-order valence-corrected chi connectivity index (χ1v) is 10.7. The molecule has 0 bridgehead atoms. The van der Waals surface area contributed by atoms with Gasteiger partial charge in [-0.2, -0.15) is 0 Å². The number of aliphatic hydroxyl groups is 1. The second-order valence-corrected chi connectivity index (χ2v) is 8.33. The molecular formula is C20H30N4O2S. The Morgan fingerprint density at radius 3 is 2.96 bits per heavy atom. The summed E-state index contributed by atoms with van der Waals surface area (Å²) >= 11 is 1.89. The maximum atomic E-state index is 10.5. The van der Waals surface area contributed by atoms with Gasteiger partial charge in [-0.25, -0.2) is 9.98 Å². The van der Waals surface area contributed by atoms with E-state index < -0.39 is 5.60 Å². The van der Waals surface area contributed by atoms with Crippen molar-refractivity contribution < 1.29 is 9.52 Å². The molecule has 0 aliphatic heterocycles. The molecule has 0 amide bonds. The van der Waals surface area contributed by atoms with Crippen LogP contribution in [0.15, 0.2) is 27.8 Å². The fourth-order valence-corrected chi connectivity index (χ4v) is 4.40. The molecule has 3 N–H and O–H groups in total. The van der Waals surface area contributed by atoms with Gasteiger partial charge in [0.25, 0.3) is 0 Å². The van der Waals surface area contributed by atoms with E-state index in [-0.39, 0.29) is 6.54 Å². The molecule has 0 spiro atoms. The summed E-state index contributed by atoms with van der Waals surface area (Å²) in [5.74, 6) is 1.23. The van der Waals surface area contributed by atoms with Crippen molar-refractivity contribution in [1.29, 1.82) is 0 Å². The third kappa shape index (κ3) is 5.56. The number of fused-ring (bicyclic) bond motifs is 1. The molecule has 0 radical (unpaired) electrons. The van der Waals surface area contributed by atoms with Crippen LogP contribution >= 0.6 is 11.3 Å². The summed E-state index contributed by atoms with van der Waals surface area (Å²) < 4.78 is 5.31. The molecule has 0 saturated heterocycles. The number of rotatable bonds is 8. The van der Waals surface area contributed by atoms with Crippen LogP contribution in [-0.2, 0) is 24.9 Å². The third-order valence-corrected chi connectivity index (χ3v) is 5.91. The number of guanidine groups is 1. The van der Waals surface area contributed by atoms with Crippen LogP contribution in [0.5, 0.6) is 0 Å². The van der Waals surface area contributed by atoms with Gasteiger partial charge in [-0.3, -0.25) is 0 Å². The van der Waals surface area contributed by atoms with Gasteiger partial charge < -0.3 is 20.2 Å². The Bertz CT molecular complexity index is 714. The van der Waals surface area contributed by atoms with Crippen LogP contribution < -0.4 is 10.6 Å². The largest absolute Gasteiger partial charge is 0.466 e.